The first-order chi connectivity index (χ1) is 6.86. The lowest BCUT2D eigenvalue weighted by Crippen LogP contribution is -2.05. The van der Waals surface area contributed by atoms with Crippen LogP contribution in [0.3, 0.4) is 0 Å². The third kappa shape index (κ3) is 3.48. The maximum atomic E-state index is 8.50. The second-order valence-electron chi connectivity index (χ2n) is 2.45. The van der Waals surface area contributed by atoms with Crippen molar-refractivity contribution in [3.63, 3.8) is 0 Å². The molecule has 0 atom stereocenters. The first kappa shape index (κ1) is 10.6. The van der Waals surface area contributed by atoms with Crippen LogP contribution in [0.15, 0.2) is 0 Å². The molecule has 1 N–H and O–H groups in total. The minimum Gasteiger partial charge on any atom is -0.465 e. The van der Waals surface area contributed by atoms with E-state index in [1.165, 1.54) is 7.11 Å². The minimum absolute atomic E-state index is 0.104. The molecule has 0 spiro atoms. The summed E-state index contributed by atoms with van der Waals surface area (Å²) >= 11 is 0. The van der Waals surface area contributed by atoms with Crippen molar-refractivity contribution in [2.24, 2.45) is 0 Å². The van der Waals surface area contributed by atoms with Gasteiger partial charge in [-0.1, -0.05) is 20.4 Å². The first-order valence-corrected chi connectivity index (χ1v) is 4.22. The van der Waals surface area contributed by atoms with Crippen LogP contribution in [-0.2, 0) is 0 Å². The van der Waals surface area contributed by atoms with E-state index in [4.69, 9.17) is 9.84 Å². The lowest BCUT2D eigenvalue weighted by molar-refractivity contribution is 0.237. The molecule has 0 fully saturated rings. The molecule has 1 rings (SSSR count). The van der Waals surface area contributed by atoms with E-state index >= 15 is 0 Å². The van der Waals surface area contributed by atoms with Crippen LogP contribution in [0.25, 0.3) is 0 Å². The Kier molecular flexibility index (Phi) is 4.56. The van der Waals surface area contributed by atoms with Gasteiger partial charge in [0, 0.05) is 6.61 Å². The summed E-state index contributed by atoms with van der Waals surface area (Å²) in [5, 5.41) is 22.9. The van der Waals surface area contributed by atoms with Crippen LogP contribution in [0.2, 0.25) is 0 Å². The number of aliphatic hydroxyl groups excluding tert-OH is 1. The number of unbranched alkanes of at least 4 members (excludes halogenated alkanes) is 1. The summed E-state index contributed by atoms with van der Waals surface area (Å²) in [5.41, 5.74) is 0. The van der Waals surface area contributed by atoms with Gasteiger partial charge < -0.3 is 14.6 Å². The number of hydrogen-bond acceptors (Lipinski definition) is 7. The second-order valence-corrected chi connectivity index (χ2v) is 2.45. The quantitative estimate of drug-likeness (QED) is 0.614. The summed E-state index contributed by atoms with van der Waals surface area (Å²) in [6, 6.07) is 0.219. The van der Waals surface area contributed by atoms with Gasteiger partial charge in [0.05, 0.1) is 13.7 Å². The summed E-state index contributed by atoms with van der Waals surface area (Å²) in [4.78, 5) is 0. The highest BCUT2D eigenvalue weighted by Gasteiger charge is 2.00. The Bertz CT molecular complexity index is 254. The summed E-state index contributed by atoms with van der Waals surface area (Å²) in [7, 11) is 1.43. The zero-order chi connectivity index (χ0) is 10.2. The number of hydrogen-bond donors (Lipinski definition) is 1. The number of aromatic nitrogens is 4. The first-order valence-electron chi connectivity index (χ1n) is 4.22. The van der Waals surface area contributed by atoms with E-state index in [1.54, 1.807) is 0 Å². The highest BCUT2D eigenvalue weighted by molar-refractivity contribution is 4.89. The largest absolute Gasteiger partial charge is 0.465 e. The third-order valence-electron chi connectivity index (χ3n) is 1.41. The van der Waals surface area contributed by atoms with Crippen molar-refractivity contribution in [2.75, 3.05) is 20.3 Å². The van der Waals surface area contributed by atoms with Crippen LogP contribution in [0, 0.1) is 0 Å². The van der Waals surface area contributed by atoms with E-state index in [2.05, 4.69) is 25.1 Å². The van der Waals surface area contributed by atoms with Crippen molar-refractivity contribution in [3.8, 4) is 12.0 Å². The molecule has 0 aromatic carbocycles. The van der Waals surface area contributed by atoms with Crippen LogP contribution in [0.5, 0.6) is 12.0 Å². The smallest absolute Gasteiger partial charge is 0.355 e. The Hall–Kier alpha value is -1.50. The van der Waals surface area contributed by atoms with Gasteiger partial charge in [-0.15, -0.1) is 0 Å². The van der Waals surface area contributed by atoms with Gasteiger partial charge >= 0.3 is 12.0 Å². The Labute approximate surface area is 81.1 Å². The topological polar surface area (TPSA) is 90.3 Å². The predicted molar refractivity (Wildman–Crippen MR) is 46.0 cm³/mol. The molecule has 0 aliphatic heterocycles. The molecule has 0 aliphatic rings. The zero-order valence-electron chi connectivity index (χ0n) is 7.88. The van der Waals surface area contributed by atoms with Crippen molar-refractivity contribution in [3.05, 3.63) is 0 Å². The lowest BCUT2D eigenvalue weighted by Gasteiger charge is -2.01. The van der Waals surface area contributed by atoms with Gasteiger partial charge in [-0.2, -0.15) is 0 Å². The Morgan fingerprint density at radius 2 is 1.71 bits per heavy atom. The molecule has 0 aliphatic carbocycles. The summed E-state index contributed by atoms with van der Waals surface area (Å²) in [6.07, 6.45) is 1.43. The van der Waals surface area contributed by atoms with E-state index in [-0.39, 0.29) is 18.6 Å². The molecule has 0 bridgehead atoms. The van der Waals surface area contributed by atoms with Crippen molar-refractivity contribution in [1.82, 2.24) is 20.4 Å². The van der Waals surface area contributed by atoms with Gasteiger partial charge in [0.1, 0.15) is 0 Å². The zero-order valence-corrected chi connectivity index (χ0v) is 7.88. The second kappa shape index (κ2) is 6.03. The van der Waals surface area contributed by atoms with Gasteiger partial charge in [0.25, 0.3) is 0 Å². The fourth-order valence-corrected chi connectivity index (χ4v) is 0.728. The molecule has 7 nitrogen and oxygen atoms in total. The van der Waals surface area contributed by atoms with Crippen molar-refractivity contribution < 1.29 is 14.6 Å². The fraction of sp³-hybridized carbons (Fsp3) is 0.714. The maximum Gasteiger partial charge on any atom is 0.355 e. The van der Waals surface area contributed by atoms with E-state index in [9.17, 15) is 0 Å². The van der Waals surface area contributed by atoms with Crippen LogP contribution < -0.4 is 9.47 Å². The monoisotopic (exact) mass is 200 g/mol. The molecule has 0 unspecified atom stereocenters. The molecule has 7 heteroatoms. The molecule has 1 heterocycles. The standard InChI is InChI=1S/C7H12N4O3/c1-13-6-8-10-7(11-9-6)14-5-3-2-4-12/h12H,2-5H2,1H3. The highest BCUT2D eigenvalue weighted by Crippen LogP contribution is 2.01. The molecule has 78 valence electrons. The number of aliphatic hydroxyl groups is 1. The van der Waals surface area contributed by atoms with E-state index < -0.39 is 0 Å². The molecule has 0 radical (unpaired) electrons. The Morgan fingerprint density at radius 3 is 2.29 bits per heavy atom. The van der Waals surface area contributed by atoms with Crippen molar-refractivity contribution >= 4 is 0 Å². The number of rotatable bonds is 6. The van der Waals surface area contributed by atoms with Gasteiger partial charge in [-0.3, -0.25) is 0 Å². The number of nitrogens with zero attached hydrogens (tertiary/aromatic N) is 4. The van der Waals surface area contributed by atoms with Crippen LogP contribution in [0.4, 0.5) is 0 Å². The molecule has 0 saturated carbocycles. The molecule has 0 saturated heterocycles. The van der Waals surface area contributed by atoms with E-state index in [1.807, 2.05) is 0 Å². The normalized spacial score (nSPS) is 9.86. The lowest BCUT2D eigenvalue weighted by atomic mass is 10.3. The van der Waals surface area contributed by atoms with Gasteiger partial charge in [0.15, 0.2) is 0 Å². The molecule has 0 amide bonds. The molecule has 14 heavy (non-hydrogen) atoms. The van der Waals surface area contributed by atoms with E-state index in [0.29, 0.717) is 13.0 Å². The van der Waals surface area contributed by atoms with Gasteiger partial charge in [-0.25, -0.2) is 0 Å². The van der Waals surface area contributed by atoms with Crippen LogP contribution in [0.1, 0.15) is 12.8 Å². The molecule has 1 aromatic rings. The number of methoxy groups -OCH3 is 1. The van der Waals surface area contributed by atoms with Crippen LogP contribution in [-0.4, -0.2) is 45.8 Å². The minimum atomic E-state index is 0.104. The molecular weight excluding hydrogens is 188 g/mol. The van der Waals surface area contributed by atoms with Crippen molar-refractivity contribution in [1.29, 1.82) is 0 Å². The SMILES string of the molecule is COc1nnc(OCCCCO)nn1. The predicted octanol–water partition coefficient (Wildman–Crippen LogP) is -0.574. The molecule has 1 aromatic heterocycles. The maximum absolute atomic E-state index is 8.50. The molecular formula is C7H12N4O3. The fourth-order valence-electron chi connectivity index (χ4n) is 0.728. The highest BCUT2D eigenvalue weighted by atomic mass is 16.5. The summed E-state index contributed by atoms with van der Waals surface area (Å²) < 4.78 is 9.77. The van der Waals surface area contributed by atoms with Crippen LogP contribution >= 0.6 is 0 Å². The summed E-state index contributed by atoms with van der Waals surface area (Å²) in [6.45, 7) is 0.597. The van der Waals surface area contributed by atoms with E-state index in [0.717, 1.165) is 6.42 Å². The third-order valence-corrected chi connectivity index (χ3v) is 1.41. The average Bonchev–Trinajstić information content (AvgIpc) is 2.25. The summed E-state index contributed by atoms with van der Waals surface area (Å²) in [5.74, 6) is 0. The Balaban J connectivity index is 2.29. The number of ether oxygens (including phenoxy) is 2. The average molecular weight is 200 g/mol. The van der Waals surface area contributed by atoms with Gasteiger partial charge in [-0.05, 0) is 12.8 Å². The Morgan fingerprint density at radius 1 is 1.07 bits per heavy atom. The van der Waals surface area contributed by atoms with Crippen molar-refractivity contribution in [2.45, 2.75) is 12.8 Å². The van der Waals surface area contributed by atoms with Gasteiger partial charge in [0.2, 0.25) is 0 Å².